The molecule has 1 aliphatic carbocycles. The Labute approximate surface area is 162 Å². The topological polar surface area (TPSA) is 72.7 Å². The fraction of sp³-hybridized carbons (Fsp3) is 0.579. The van der Waals surface area contributed by atoms with Gasteiger partial charge in [0.1, 0.15) is 0 Å². The van der Waals surface area contributed by atoms with Crippen molar-refractivity contribution >= 4 is 21.8 Å². The van der Waals surface area contributed by atoms with E-state index in [2.05, 4.69) is 43.7 Å². The molecule has 1 aliphatic rings. The van der Waals surface area contributed by atoms with Gasteiger partial charge in [-0.1, -0.05) is 48.2 Å². The second-order valence-electron chi connectivity index (χ2n) is 7.06. The predicted octanol–water partition coefficient (Wildman–Crippen LogP) is 4.04. The molecule has 1 N–H and O–H groups in total. The second-order valence-corrected chi connectivity index (χ2v) is 7.98. The van der Waals surface area contributed by atoms with Crippen LogP contribution in [0.2, 0.25) is 0 Å². The van der Waals surface area contributed by atoms with Crippen LogP contribution in [0.1, 0.15) is 57.7 Å². The van der Waals surface area contributed by atoms with E-state index in [-0.39, 0.29) is 11.8 Å². The van der Waals surface area contributed by atoms with Crippen LogP contribution in [0.4, 0.5) is 0 Å². The predicted molar refractivity (Wildman–Crippen MR) is 104 cm³/mol. The molecule has 0 unspecified atom stereocenters. The Kier molecular flexibility index (Phi) is 6.77. The number of rotatable bonds is 7. The minimum Gasteiger partial charge on any atom is -0.348 e. The molecular weight excluding hydrogens is 394 g/mol. The summed E-state index contributed by atoms with van der Waals surface area (Å²) >= 11 is 3.46. The zero-order chi connectivity index (χ0) is 18.4. The maximum atomic E-state index is 12.5. The van der Waals surface area contributed by atoms with E-state index >= 15 is 0 Å². The molecule has 1 aromatic carbocycles. The molecule has 0 bridgehead atoms. The number of hydrogen-bond acceptors (Lipinski definition) is 4. The average molecular weight is 420 g/mol. The fourth-order valence-corrected chi connectivity index (χ4v) is 4.03. The number of carbonyl (C=O) groups is 1. The molecule has 26 heavy (non-hydrogen) atoms. The smallest absolute Gasteiger partial charge is 0.223 e. The van der Waals surface area contributed by atoms with Gasteiger partial charge in [-0.2, -0.15) is 4.68 Å². The number of benzene rings is 1. The van der Waals surface area contributed by atoms with Gasteiger partial charge in [0.05, 0.1) is 12.2 Å². The summed E-state index contributed by atoms with van der Waals surface area (Å²) in [6.07, 6.45) is 8.22. The minimum absolute atomic E-state index is 0.128. The molecule has 0 aliphatic heterocycles. The standard InChI is InChI=1S/C19H26BrN5O/c1-2-3-5-14-8-10-15(11-9-14)19(26)21-13-18-22-23-24-25(18)17-7-4-6-16(20)12-17/h4,6-7,12,14-15H,2-3,5,8-11,13H2,1H3,(H,21,26). The van der Waals surface area contributed by atoms with Gasteiger partial charge in [0, 0.05) is 10.4 Å². The highest BCUT2D eigenvalue weighted by atomic mass is 79.9. The van der Waals surface area contributed by atoms with Gasteiger partial charge in [-0.05, 0) is 60.2 Å². The molecule has 1 amide bonds. The van der Waals surface area contributed by atoms with Crippen LogP contribution in [0.25, 0.3) is 5.69 Å². The van der Waals surface area contributed by atoms with Crippen molar-refractivity contribution in [3.8, 4) is 5.69 Å². The van der Waals surface area contributed by atoms with Crippen LogP contribution in [0, 0.1) is 11.8 Å². The number of nitrogens with zero attached hydrogens (tertiary/aromatic N) is 4. The van der Waals surface area contributed by atoms with E-state index in [9.17, 15) is 4.79 Å². The lowest BCUT2D eigenvalue weighted by atomic mass is 9.79. The average Bonchev–Trinajstić information content (AvgIpc) is 3.13. The Morgan fingerprint density at radius 2 is 2.12 bits per heavy atom. The van der Waals surface area contributed by atoms with Crippen molar-refractivity contribution in [3.63, 3.8) is 0 Å². The van der Waals surface area contributed by atoms with Gasteiger partial charge < -0.3 is 5.32 Å². The van der Waals surface area contributed by atoms with Crippen molar-refractivity contribution in [2.75, 3.05) is 0 Å². The number of halogens is 1. The van der Waals surface area contributed by atoms with Crippen LogP contribution < -0.4 is 5.32 Å². The molecule has 2 aromatic rings. The van der Waals surface area contributed by atoms with Gasteiger partial charge in [0.2, 0.25) is 5.91 Å². The van der Waals surface area contributed by atoms with Crippen molar-refractivity contribution in [2.45, 2.75) is 58.4 Å². The summed E-state index contributed by atoms with van der Waals surface area (Å²) in [6, 6.07) is 7.76. The van der Waals surface area contributed by atoms with Crippen molar-refractivity contribution < 1.29 is 4.79 Å². The first-order chi connectivity index (χ1) is 12.7. The van der Waals surface area contributed by atoms with Gasteiger partial charge in [-0.15, -0.1) is 5.10 Å². The van der Waals surface area contributed by atoms with Gasteiger partial charge in [-0.25, -0.2) is 0 Å². The molecule has 6 nitrogen and oxygen atoms in total. The second kappa shape index (κ2) is 9.26. The molecule has 3 rings (SSSR count). The molecule has 1 heterocycles. The Morgan fingerprint density at radius 3 is 2.85 bits per heavy atom. The lowest BCUT2D eigenvalue weighted by molar-refractivity contribution is -0.126. The van der Waals surface area contributed by atoms with Crippen LogP contribution in [-0.4, -0.2) is 26.1 Å². The fourth-order valence-electron chi connectivity index (χ4n) is 3.64. The largest absolute Gasteiger partial charge is 0.348 e. The third kappa shape index (κ3) is 4.90. The van der Waals surface area contributed by atoms with Gasteiger partial charge >= 0.3 is 0 Å². The van der Waals surface area contributed by atoms with E-state index in [0.717, 1.165) is 28.9 Å². The maximum Gasteiger partial charge on any atom is 0.223 e. The monoisotopic (exact) mass is 419 g/mol. The number of aromatic nitrogens is 4. The number of tetrazole rings is 1. The number of amides is 1. The summed E-state index contributed by atoms with van der Waals surface area (Å²) in [5.74, 6) is 1.70. The van der Waals surface area contributed by atoms with Crippen molar-refractivity contribution in [1.29, 1.82) is 0 Å². The number of nitrogens with one attached hydrogen (secondary N) is 1. The lowest BCUT2D eigenvalue weighted by Crippen LogP contribution is -2.33. The summed E-state index contributed by atoms with van der Waals surface area (Å²) in [5, 5.41) is 14.9. The SMILES string of the molecule is CCCCC1CCC(C(=O)NCc2nnnn2-c2cccc(Br)c2)CC1. The molecule has 1 fully saturated rings. The Morgan fingerprint density at radius 1 is 1.31 bits per heavy atom. The van der Waals surface area contributed by atoms with Crippen molar-refractivity contribution in [2.24, 2.45) is 11.8 Å². The van der Waals surface area contributed by atoms with E-state index in [1.165, 1.54) is 32.1 Å². The molecule has 1 saturated carbocycles. The molecule has 1 aromatic heterocycles. The van der Waals surface area contributed by atoms with E-state index in [0.29, 0.717) is 12.4 Å². The van der Waals surface area contributed by atoms with E-state index in [1.54, 1.807) is 4.68 Å². The highest BCUT2D eigenvalue weighted by Gasteiger charge is 2.26. The first kappa shape index (κ1) is 19.0. The Bertz CT molecular complexity index is 724. The van der Waals surface area contributed by atoms with Gasteiger partial charge in [0.15, 0.2) is 5.82 Å². The van der Waals surface area contributed by atoms with Crippen LogP contribution >= 0.6 is 15.9 Å². The maximum absolute atomic E-state index is 12.5. The molecular formula is C19H26BrN5O. The Hall–Kier alpha value is -1.76. The molecule has 0 radical (unpaired) electrons. The summed E-state index contributed by atoms with van der Waals surface area (Å²) in [5.41, 5.74) is 0.866. The first-order valence-electron chi connectivity index (χ1n) is 9.48. The third-order valence-electron chi connectivity index (χ3n) is 5.19. The molecule has 0 saturated heterocycles. The van der Waals surface area contributed by atoms with Crippen LogP contribution in [-0.2, 0) is 11.3 Å². The first-order valence-corrected chi connectivity index (χ1v) is 10.3. The van der Waals surface area contributed by atoms with Gasteiger partial charge in [-0.3, -0.25) is 4.79 Å². The quantitative estimate of drug-likeness (QED) is 0.734. The van der Waals surface area contributed by atoms with E-state index in [4.69, 9.17) is 0 Å². The van der Waals surface area contributed by atoms with Crippen LogP contribution in [0.15, 0.2) is 28.7 Å². The Balaban J connectivity index is 1.52. The van der Waals surface area contributed by atoms with Crippen molar-refractivity contribution in [3.05, 3.63) is 34.6 Å². The zero-order valence-corrected chi connectivity index (χ0v) is 16.8. The number of unbranched alkanes of at least 4 members (excludes halogenated alkanes) is 1. The summed E-state index contributed by atoms with van der Waals surface area (Å²) < 4.78 is 2.62. The zero-order valence-electron chi connectivity index (χ0n) is 15.2. The summed E-state index contributed by atoms with van der Waals surface area (Å²) in [6.45, 7) is 2.58. The normalized spacial score (nSPS) is 20.1. The molecule has 0 atom stereocenters. The number of carbonyl (C=O) groups excluding carboxylic acids is 1. The molecule has 0 spiro atoms. The van der Waals surface area contributed by atoms with E-state index < -0.39 is 0 Å². The molecule has 7 heteroatoms. The highest BCUT2D eigenvalue weighted by Crippen LogP contribution is 2.32. The summed E-state index contributed by atoms with van der Waals surface area (Å²) in [4.78, 5) is 12.5. The van der Waals surface area contributed by atoms with Crippen LogP contribution in [0.5, 0.6) is 0 Å². The van der Waals surface area contributed by atoms with Crippen molar-refractivity contribution in [1.82, 2.24) is 25.5 Å². The lowest BCUT2D eigenvalue weighted by Gasteiger charge is -2.27. The van der Waals surface area contributed by atoms with Crippen LogP contribution in [0.3, 0.4) is 0 Å². The minimum atomic E-state index is 0.128. The van der Waals surface area contributed by atoms with Gasteiger partial charge in [0.25, 0.3) is 0 Å². The third-order valence-corrected chi connectivity index (χ3v) is 5.68. The summed E-state index contributed by atoms with van der Waals surface area (Å²) in [7, 11) is 0. The highest BCUT2D eigenvalue weighted by molar-refractivity contribution is 9.10. The number of hydrogen-bond donors (Lipinski definition) is 1. The molecule has 140 valence electrons. The van der Waals surface area contributed by atoms with E-state index in [1.807, 2.05) is 24.3 Å².